The molecule has 4 aromatic rings. The molecule has 1 fully saturated rings. The fourth-order valence-electron chi connectivity index (χ4n) is 4.73. The van der Waals surface area contributed by atoms with Crippen molar-refractivity contribution in [2.45, 2.75) is 27.7 Å². The number of hydrogen-bond donors (Lipinski definition) is 0. The molecule has 1 aliphatic rings. The summed E-state index contributed by atoms with van der Waals surface area (Å²) in [7, 11) is 0. The van der Waals surface area contributed by atoms with Gasteiger partial charge in [-0.25, -0.2) is 0 Å². The summed E-state index contributed by atoms with van der Waals surface area (Å²) in [6.07, 6.45) is 1.92. The Morgan fingerprint density at radius 3 is 2.33 bits per heavy atom. The van der Waals surface area contributed by atoms with Gasteiger partial charge in [0.25, 0.3) is 0 Å². The van der Waals surface area contributed by atoms with Gasteiger partial charge in [-0.3, -0.25) is 4.57 Å². The number of allylic oxidation sites excluding steroid dienone is 1. The van der Waals surface area contributed by atoms with Crippen LogP contribution in [0.15, 0.2) is 54.6 Å². The first-order chi connectivity index (χ1) is 17.5. The van der Waals surface area contributed by atoms with Crippen LogP contribution in [0.4, 0.5) is 5.95 Å². The predicted octanol–water partition coefficient (Wildman–Crippen LogP) is 5.19. The fraction of sp³-hybridized carbons (Fsp3) is 0.276. The van der Waals surface area contributed by atoms with Crippen LogP contribution in [0.5, 0.6) is 0 Å². The molecule has 36 heavy (non-hydrogen) atoms. The van der Waals surface area contributed by atoms with Crippen molar-refractivity contribution in [3.63, 3.8) is 0 Å². The maximum atomic E-state index is 10.2. The number of morpholine rings is 1. The van der Waals surface area contributed by atoms with Crippen LogP contribution in [-0.4, -0.2) is 45.6 Å². The smallest absolute Gasteiger partial charge is 0.232 e. The summed E-state index contributed by atoms with van der Waals surface area (Å²) in [6.45, 7) is 11.2. The molecule has 0 amide bonds. The van der Waals surface area contributed by atoms with Crippen LogP contribution >= 0.6 is 0 Å². The van der Waals surface area contributed by atoms with Crippen molar-refractivity contribution < 1.29 is 4.74 Å². The standard InChI is InChI=1S/C29H30N6O/c1-20-10-11-27(16-21(20)2)34-22(3)17-24(23(34)4)18-25(19-30)28-31-32-29(33-12-14-36-15-13-33)35(28)26-8-6-5-7-9-26/h5-11,16-18H,12-15H2,1-4H3/b25-18+. The second-order valence-corrected chi connectivity index (χ2v) is 9.19. The van der Waals surface area contributed by atoms with Gasteiger partial charge < -0.3 is 14.2 Å². The molecule has 0 saturated carbocycles. The Morgan fingerprint density at radius 2 is 1.64 bits per heavy atom. The van der Waals surface area contributed by atoms with Crippen molar-refractivity contribution in [1.82, 2.24) is 19.3 Å². The monoisotopic (exact) mass is 478 g/mol. The van der Waals surface area contributed by atoms with Gasteiger partial charge in [0.2, 0.25) is 5.95 Å². The molecule has 3 heterocycles. The van der Waals surface area contributed by atoms with Crippen LogP contribution in [0.2, 0.25) is 0 Å². The molecule has 7 nitrogen and oxygen atoms in total. The third kappa shape index (κ3) is 4.32. The lowest BCUT2D eigenvalue weighted by Gasteiger charge is -2.28. The number of benzene rings is 2. The Kier molecular flexibility index (Phi) is 6.45. The molecule has 0 N–H and O–H groups in total. The molecular weight excluding hydrogens is 448 g/mol. The summed E-state index contributed by atoms with van der Waals surface area (Å²) in [4.78, 5) is 2.16. The molecule has 0 atom stereocenters. The number of ether oxygens (including phenoxy) is 1. The van der Waals surface area contributed by atoms with E-state index in [9.17, 15) is 5.26 Å². The van der Waals surface area contributed by atoms with E-state index in [1.165, 1.54) is 11.1 Å². The van der Waals surface area contributed by atoms with Gasteiger partial charge >= 0.3 is 0 Å². The van der Waals surface area contributed by atoms with Crippen molar-refractivity contribution in [3.8, 4) is 17.4 Å². The molecule has 1 aliphatic heterocycles. The van der Waals surface area contributed by atoms with Gasteiger partial charge in [0, 0.05) is 30.2 Å². The number of aryl methyl sites for hydroxylation is 3. The van der Waals surface area contributed by atoms with Gasteiger partial charge in [-0.15, -0.1) is 10.2 Å². The average Bonchev–Trinajstić information content (AvgIpc) is 3.46. The van der Waals surface area contributed by atoms with Gasteiger partial charge in [-0.05, 0) is 80.8 Å². The van der Waals surface area contributed by atoms with Crippen molar-refractivity contribution in [2.75, 3.05) is 31.2 Å². The van der Waals surface area contributed by atoms with Crippen molar-refractivity contribution in [1.29, 1.82) is 5.26 Å². The zero-order valence-electron chi connectivity index (χ0n) is 21.2. The van der Waals surface area contributed by atoms with E-state index >= 15 is 0 Å². The number of rotatable bonds is 5. The SMILES string of the molecule is Cc1ccc(-n2c(C)cc(/C=C(\C#N)c3nnc(N4CCOCC4)n3-c3ccccc3)c2C)cc1C. The van der Waals surface area contributed by atoms with Crippen LogP contribution in [0.1, 0.15) is 33.9 Å². The van der Waals surface area contributed by atoms with E-state index in [-0.39, 0.29) is 0 Å². The van der Waals surface area contributed by atoms with Crippen molar-refractivity contribution >= 4 is 17.6 Å². The van der Waals surface area contributed by atoms with Crippen molar-refractivity contribution in [2.24, 2.45) is 0 Å². The molecule has 0 aliphatic carbocycles. The Labute approximate surface area is 211 Å². The number of anilines is 1. The number of para-hydroxylation sites is 1. The summed E-state index contributed by atoms with van der Waals surface area (Å²) in [5, 5.41) is 19.3. The molecule has 2 aromatic heterocycles. The van der Waals surface area contributed by atoms with E-state index in [1.807, 2.05) is 41.0 Å². The molecule has 182 valence electrons. The molecule has 2 aromatic carbocycles. The van der Waals surface area contributed by atoms with E-state index < -0.39 is 0 Å². The highest BCUT2D eigenvalue weighted by Gasteiger charge is 2.24. The molecule has 0 bridgehead atoms. The van der Waals surface area contributed by atoms with E-state index in [1.54, 1.807) is 0 Å². The molecular formula is C29H30N6O. The normalized spacial score (nSPS) is 14.2. The zero-order chi connectivity index (χ0) is 25.2. The lowest BCUT2D eigenvalue weighted by Crippen LogP contribution is -2.38. The topological polar surface area (TPSA) is 71.9 Å². The van der Waals surface area contributed by atoms with Gasteiger partial charge in [0.1, 0.15) is 6.07 Å². The van der Waals surface area contributed by atoms with Crippen LogP contribution in [0.25, 0.3) is 23.0 Å². The van der Waals surface area contributed by atoms with Crippen LogP contribution in [0, 0.1) is 39.0 Å². The molecule has 0 radical (unpaired) electrons. The highest BCUT2D eigenvalue weighted by Crippen LogP contribution is 2.29. The molecule has 0 spiro atoms. The number of aromatic nitrogens is 4. The van der Waals surface area contributed by atoms with E-state index in [0.717, 1.165) is 47.4 Å². The maximum absolute atomic E-state index is 10.2. The van der Waals surface area contributed by atoms with E-state index in [4.69, 9.17) is 4.74 Å². The van der Waals surface area contributed by atoms with Crippen molar-refractivity contribution in [3.05, 3.63) is 88.5 Å². The van der Waals surface area contributed by atoms with Crippen LogP contribution < -0.4 is 4.90 Å². The lowest BCUT2D eigenvalue weighted by atomic mass is 10.1. The minimum Gasteiger partial charge on any atom is -0.378 e. The zero-order valence-corrected chi connectivity index (χ0v) is 21.2. The van der Waals surface area contributed by atoms with Gasteiger partial charge in [-0.1, -0.05) is 24.3 Å². The molecule has 7 heteroatoms. The summed E-state index contributed by atoms with van der Waals surface area (Å²) in [6, 6.07) is 21.0. The first kappa shape index (κ1) is 23.6. The maximum Gasteiger partial charge on any atom is 0.232 e. The summed E-state index contributed by atoms with van der Waals surface area (Å²) < 4.78 is 9.74. The first-order valence-electron chi connectivity index (χ1n) is 12.2. The number of nitrogens with zero attached hydrogens (tertiary/aromatic N) is 6. The summed E-state index contributed by atoms with van der Waals surface area (Å²) in [5.74, 6) is 1.25. The van der Waals surface area contributed by atoms with Gasteiger partial charge in [0.05, 0.1) is 24.5 Å². The Balaban J connectivity index is 1.62. The second-order valence-electron chi connectivity index (χ2n) is 9.19. The quantitative estimate of drug-likeness (QED) is 0.369. The highest BCUT2D eigenvalue weighted by molar-refractivity contribution is 5.89. The van der Waals surface area contributed by atoms with Crippen LogP contribution in [-0.2, 0) is 4.74 Å². The van der Waals surface area contributed by atoms with Gasteiger partial charge in [-0.2, -0.15) is 5.26 Å². The van der Waals surface area contributed by atoms with E-state index in [2.05, 4.69) is 77.7 Å². The van der Waals surface area contributed by atoms with Gasteiger partial charge in [0.15, 0.2) is 5.82 Å². The Bertz CT molecular complexity index is 1470. The predicted molar refractivity (Wildman–Crippen MR) is 143 cm³/mol. The Hall–Kier alpha value is -4.15. The summed E-state index contributed by atoms with van der Waals surface area (Å²) >= 11 is 0. The molecule has 5 rings (SSSR count). The Morgan fingerprint density at radius 1 is 0.889 bits per heavy atom. The number of nitriles is 1. The second kappa shape index (κ2) is 9.84. The molecule has 1 saturated heterocycles. The average molecular weight is 479 g/mol. The van der Waals surface area contributed by atoms with E-state index in [0.29, 0.717) is 24.6 Å². The lowest BCUT2D eigenvalue weighted by molar-refractivity contribution is 0.122. The van der Waals surface area contributed by atoms with Crippen LogP contribution in [0.3, 0.4) is 0 Å². The fourth-order valence-corrected chi connectivity index (χ4v) is 4.73. The number of hydrogen-bond acceptors (Lipinski definition) is 5. The molecule has 0 unspecified atom stereocenters. The highest BCUT2D eigenvalue weighted by atomic mass is 16.5. The minimum atomic E-state index is 0.464. The minimum absolute atomic E-state index is 0.464. The largest absolute Gasteiger partial charge is 0.378 e. The third-order valence-corrected chi connectivity index (χ3v) is 6.83. The third-order valence-electron chi connectivity index (χ3n) is 6.83. The first-order valence-corrected chi connectivity index (χ1v) is 12.2. The summed E-state index contributed by atoms with van der Waals surface area (Å²) in [5.41, 5.74) is 8.18.